The highest BCUT2D eigenvalue weighted by atomic mass is 35.5. The van der Waals surface area contributed by atoms with Crippen LogP contribution in [-0.2, 0) is 65.3 Å². The van der Waals surface area contributed by atoms with Gasteiger partial charge in [0, 0.05) is 74.9 Å². The van der Waals surface area contributed by atoms with Crippen molar-refractivity contribution in [3.8, 4) is 0 Å². The maximum absolute atomic E-state index is 15.1. The van der Waals surface area contributed by atoms with E-state index in [1.54, 1.807) is 34.7 Å². The molecule has 3 saturated heterocycles. The van der Waals surface area contributed by atoms with Crippen LogP contribution in [0.3, 0.4) is 0 Å². The zero-order chi connectivity index (χ0) is 68.6. The van der Waals surface area contributed by atoms with Gasteiger partial charge >= 0.3 is 6.18 Å². The zero-order valence-corrected chi connectivity index (χ0v) is 57.3. The van der Waals surface area contributed by atoms with Crippen LogP contribution in [0.5, 0.6) is 0 Å². The summed E-state index contributed by atoms with van der Waals surface area (Å²) in [5.41, 5.74) is -2.38. The van der Waals surface area contributed by atoms with E-state index in [1.165, 1.54) is 101 Å². The summed E-state index contributed by atoms with van der Waals surface area (Å²) in [6.07, 6.45) is 4.49. The number of aryl methyl sites for hydroxylation is 1. The molecule has 2 aliphatic carbocycles. The maximum atomic E-state index is 15.1. The summed E-state index contributed by atoms with van der Waals surface area (Å²) in [5.74, 6) is -6.83. The highest BCUT2D eigenvalue weighted by molar-refractivity contribution is 6.31. The van der Waals surface area contributed by atoms with E-state index in [0.717, 1.165) is 74.8 Å². The molecule has 0 aromatic heterocycles. The number of amides is 11. The van der Waals surface area contributed by atoms with Crippen LogP contribution in [0, 0.1) is 17.8 Å². The molecule has 514 valence electrons. The molecule has 2 N–H and O–H groups in total. The number of rotatable bonds is 9. The second-order valence-electron chi connectivity index (χ2n) is 27.3. The molecule has 11 amide bonds. The first kappa shape index (κ1) is 74.5. The van der Waals surface area contributed by atoms with Crippen LogP contribution in [0.2, 0.25) is 5.02 Å². The number of carbonyl (C=O) groups excluding carboxylic acids is 11. The molecule has 0 unspecified atom stereocenters. The van der Waals surface area contributed by atoms with Gasteiger partial charge < -0.3 is 54.7 Å². The molecule has 5 fully saturated rings. The van der Waals surface area contributed by atoms with E-state index in [9.17, 15) is 56.3 Å². The number of benzene rings is 1. The molecule has 10 atom stereocenters. The van der Waals surface area contributed by atoms with Crippen molar-refractivity contribution < 1.29 is 65.9 Å². The largest absolute Gasteiger partial charge is 0.417 e. The first-order valence-electron chi connectivity index (χ1n) is 33.0. The minimum absolute atomic E-state index is 0.0384. The molecule has 0 radical (unpaired) electrons. The van der Waals surface area contributed by atoms with Gasteiger partial charge in [-0.2, -0.15) is 13.2 Å². The SMILES string of the molecule is CC[C@H](C)[C@@H]1NC(=O)[C@H](C)N(C)C(=O)C[C@@H](C)N(C)C(=O)[C@H](CC2CCCC2)N(C)C(=O)C(C)(C)N(C)C(=O)[C@@H]2CCCN2C(=O)[C@H](CCc2ccc(C(F)(F)F)c(Cl)c2)NC(=O)CN(C)C(=O)[C@H](CC2CCCCC2)N(C)C(=O)[C@@H]2CCN2C(=O)[C@H](C)N(C)C1=O. The lowest BCUT2D eigenvalue weighted by Gasteiger charge is -2.45. The van der Waals surface area contributed by atoms with E-state index in [2.05, 4.69) is 10.6 Å². The number of likely N-dealkylation sites (N-methyl/N-ethyl adjacent to an activating group) is 7. The van der Waals surface area contributed by atoms with Crippen molar-refractivity contribution in [3.05, 3.63) is 34.3 Å². The number of nitrogens with one attached hydrogen (secondary N) is 2. The molecule has 22 nitrogen and oxygen atoms in total. The molecule has 1 aromatic carbocycles. The monoisotopic (exact) mass is 1320 g/mol. The van der Waals surface area contributed by atoms with E-state index in [4.69, 9.17) is 11.6 Å². The molecule has 3 heterocycles. The maximum Gasteiger partial charge on any atom is 0.417 e. The molecule has 3 aliphatic heterocycles. The standard InChI is InChI=1S/C66H101ClF3N11O11/c1-15-39(2)55-63(91)76(11)42(5)57(85)81-33-31-50(81)60(88)77(12)51(36-43-22-17-16-18-23-43)59(87)73(8)38-53(82)71-48(30-28-45-27-29-46(47(67)35-45)66(68,69)70)58(86)80-32-21-26-49(80)62(90)79(14)65(6,7)64(92)78(13)52(37-44-24-19-20-25-44)61(89)74(9)40(3)34-54(83)75(10)41(4)56(84)72-55/h27,29,35,39-44,48-52,55H,15-26,28,30-34,36-38H2,1-14H3,(H,71,82)(H,72,84)/t39-,40+,41-,42-,48-,49-,50-,51-,52-,55-/m0/s1. The quantitative estimate of drug-likeness (QED) is 0.302. The van der Waals surface area contributed by atoms with Gasteiger partial charge in [0.15, 0.2) is 0 Å². The summed E-state index contributed by atoms with van der Waals surface area (Å²) in [7, 11) is 10.3. The molecule has 0 spiro atoms. The molecule has 92 heavy (non-hydrogen) atoms. The third-order valence-corrected chi connectivity index (χ3v) is 21.2. The van der Waals surface area contributed by atoms with Gasteiger partial charge in [0.25, 0.3) is 0 Å². The average molecular weight is 1320 g/mol. The number of alkyl halides is 3. The van der Waals surface area contributed by atoms with Gasteiger partial charge in [-0.05, 0) is 115 Å². The number of carbonyl (C=O) groups is 11. The number of hydrogen-bond donors (Lipinski definition) is 2. The smallest absolute Gasteiger partial charge is 0.343 e. The zero-order valence-electron chi connectivity index (χ0n) is 56.5. The van der Waals surface area contributed by atoms with Crippen molar-refractivity contribution in [2.45, 2.75) is 230 Å². The molecular weight excluding hydrogens is 1220 g/mol. The van der Waals surface area contributed by atoms with Crippen molar-refractivity contribution in [1.82, 2.24) is 54.7 Å². The first-order valence-corrected chi connectivity index (χ1v) is 33.3. The third kappa shape index (κ3) is 17.2. The molecule has 0 bridgehead atoms. The second kappa shape index (κ2) is 31.6. The highest BCUT2D eigenvalue weighted by Crippen LogP contribution is 2.37. The minimum Gasteiger partial charge on any atom is -0.343 e. The van der Waals surface area contributed by atoms with Gasteiger partial charge in [-0.3, -0.25) is 52.7 Å². The van der Waals surface area contributed by atoms with Crippen LogP contribution in [-0.4, -0.2) is 238 Å². The van der Waals surface area contributed by atoms with Crippen molar-refractivity contribution in [2.24, 2.45) is 17.8 Å². The predicted octanol–water partition coefficient (Wildman–Crippen LogP) is 5.74. The summed E-state index contributed by atoms with van der Waals surface area (Å²) in [5, 5.41) is 5.04. The Morgan fingerprint density at radius 3 is 1.73 bits per heavy atom. The van der Waals surface area contributed by atoms with Gasteiger partial charge in [-0.15, -0.1) is 0 Å². The van der Waals surface area contributed by atoms with Crippen LogP contribution in [0.15, 0.2) is 18.2 Å². The van der Waals surface area contributed by atoms with Crippen LogP contribution >= 0.6 is 11.6 Å². The summed E-state index contributed by atoms with van der Waals surface area (Å²) in [4.78, 5) is 173. The van der Waals surface area contributed by atoms with E-state index in [1.807, 2.05) is 6.92 Å². The van der Waals surface area contributed by atoms with Gasteiger partial charge in [0.05, 0.1) is 17.1 Å². The Kier molecular flexibility index (Phi) is 25.6. The van der Waals surface area contributed by atoms with Crippen LogP contribution in [0.4, 0.5) is 13.2 Å². The average Bonchev–Trinajstić information content (AvgIpc) is 0.952. The predicted molar refractivity (Wildman–Crippen MR) is 340 cm³/mol. The Hall–Kier alpha value is -6.53. The van der Waals surface area contributed by atoms with Crippen molar-refractivity contribution in [1.29, 1.82) is 0 Å². The lowest BCUT2D eigenvalue weighted by Crippen LogP contribution is -2.65. The Bertz CT molecular complexity index is 2890. The van der Waals surface area contributed by atoms with Gasteiger partial charge in [0.1, 0.15) is 53.9 Å². The molecule has 2 saturated carbocycles. The Labute approximate surface area is 546 Å². The summed E-state index contributed by atoms with van der Waals surface area (Å²) in [6.45, 7) is 11.1. The van der Waals surface area contributed by atoms with Gasteiger partial charge in [-0.25, -0.2) is 0 Å². The fourth-order valence-electron chi connectivity index (χ4n) is 13.6. The molecule has 26 heteroatoms. The van der Waals surface area contributed by atoms with Crippen molar-refractivity contribution >= 4 is 76.6 Å². The first-order chi connectivity index (χ1) is 43.0. The van der Waals surface area contributed by atoms with Crippen LogP contribution < -0.4 is 10.6 Å². The van der Waals surface area contributed by atoms with Gasteiger partial charge in [0.2, 0.25) is 65.0 Å². The minimum atomic E-state index is -4.75. The van der Waals surface area contributed by atoms with E-state index in [0.29, 0.717) is 24.8 Å². The molecular formula is C66H101ClF3N11O11. The number of hydrogen-bond acceptors (Lipinski definition) is 11. The van der Waals surface area contributed by atoms with Crippen molar-refractivity contribution in [3.63, 3.8) is 0 Å². The second-order valence-corrected chi connectivity index (χ2v) is 27.8. The van der Waals surface area contributed by atoms with Gasteiger partial charge in [-0.1, -0.05) is 95.7 Å². The lowest BCUT2D eigenvalue weighted by atomic mass is 9.84. The Morgan fingerprint density at radius 1 is 0.609 bits per heavy atom. The van der Waals surface area contributed by atoms with Crippen LogP contribution in [0.25, 0.3) is 0 Å². The van der Waals surface area contributed by atoms with E-state index < -0.39 is 154 Å². The summed E-state index contributed by atoms with van der Waals surface area (Å²) in [6, 6.07) is -6.61. The number of nitrogens with zero attached hydrogens (tertiary/aromatic N) is 9. The molecule has 5 aliphatic rings. The fraction of sp³-hybridized carbons (Fsp3) is 0.742. The topological polar surface area (TPSA) is 241 Å². The fourth-order valence-corrected chi connectivity index (χ4v) is 13.9. The van der Waals surface area contributed by atoms with Crippen molar-refractivity contribution in [2.75, 3.05) is 69.0 Å². The Morgan fingerprint density at radius 2 is 1.17 bits per heavy atom. The highest BCUT2D eigenvalue weighted by Gasteiger charge is 2.49. The molecule has 1 aromatic rings. The number of fused-ring (bicyclic) bond motifs is 2. The Balaban J connectivity index is 1.37. The third-order valence-electron chi connectivity index (χ3n) is 20.9. The van der Waals surface area contributed by atoms with E-state index in [-0.39, 0.29) is 63.5 Å². The summed E-state index contributed by atoms with van der Waals surface area (Å²) < 4.78 is 41.4. The van der Waals surface area contributed by atoms with E-state index >= 15 is 9.59 Å². The number of halogens is 4. The normalized spacial score (nSPS) is 28.6. The molecule has 6 rings (SSSR count). The van der Waals surface area contributed by atoms with Crippen LogP contribution in [0.1, 0.15) is 169 Å². The lowest BCUT2D eigenvalue weighted by molar-refractivity contribution is -0.160. The summed E-state index contributed by atoms with van der Waals surface area (Å²) >= 11 is 6.13.